The van der Waals surface area contributed by atoms with Crippen molar-refractivity contribution in [1.29, 1.82) is 0 Å². The van der Waals surface area contributed by atoms with E-state index < -0.39 is 9.84 Å². The maximum absolute atomic E-state index is 11.8. The SMILES string of the molecule is Cc1nc(-c2c[nH]c3cc(Cl)ccc23)n(C2CCS(=O)(=O)C2)n1. The number of fused-ring (bicyclic) bond motifs is 1. The number of benzene rings is 1. The maximum atomic E-state index is 11.8. The fourth-order valence-electron chi connectivity index (χ4n) is 3.12. The van der Waals surface area contributed by atoms with Crippen LogP contribution < -0.4 is 0 Å². The lowest BCUT2D eigenvalue weighted by molar-refractivity contribution is 0.502. The van der Waals surface area contributed by atoms with Crippen LogP contribution in [0.3, 0.4) is 0 Å². The zero-order chi connectivity index (χ0) is 16.2. The Labute approximate surface area is 138 Å². The van der Waals surface area contributed by atoms with E-state index >= 15 is 0 Å². The van der Waals surface area contributed by atoms with Crippen LogP contribution >= 0.6 is 11.6 Å². The van der Waals surface area contributed by atoms with E-state index in [1.807, 2.05) is 31.3 Å². The first-order valence-corrected chi connectivity index (χ1v) is 9.53. The van der Waals surface area contributed by atoms with Crippen LogP contribution in [0.25, 0.3) is 22.3 Å². The molecule has 1 aromatic carbocycles. The molecule has 1 atom stereocenters. The monoisotopic (exact) mass is 350 g/mol. The molecule has 2 aromatic heterocycles. The summed E-state index contributed by atoms with van der Waals surface area (Å²) >= 11 is 6.02. The third-order valence-corrected chi connectivity index (χ3v) is 6.16. The molecule has 1 saturated heterocycles. The summed E-state index contributed by atoms with van der Waals surface area (Å²) in [6, 6.07) is 5.46. The smallest absolute Gasteiger partial charge is 0.160 e. The quantitative estimate of drug-likeness (QED) is 0.770. The largest absolute Gasteiger partial charge is 0.360 e. The average Bonchev–Trinajstić information content (AvgIpc) is 3.14. The summed E-state index contributed by atoms with van der Waals surface area (Å²) in [5, 5.41) is 6.09. The molecule has 0 radical (unpaired) electrons. The molecule has 8 heteroatoms. The molecule has 1 aliphatic heterocycles. The zero-order valence-corrected chi connectivity index (χ0v) is 14.0. The van der Waals surface area contributed by atoms with Gasteiger partial charge in [-0.3, -0.25) is 0 Å². The average molecular weight is 351 g/mol. The Kier molecular flexibility index (Phi) is 3.24. The summed E-state index contributed by atoms with van der Waals surface area (Å²) < 4.78 is 25.3. The first kappa shape index (κ1) is 14.7. The molecule has 3 heterocycles. The molecule has 6 nitrogen and oxygen atoms in total. The molecule has 0 bridgehead atoms. The third kappa shape index (κ3) is 2.53. The van der Waals surface area contributed by atoms with E-state index in [2.05, 4.69) is 15.1 Å². The van der Waals surface area contributed by atoms with Gasteiger partial charge in [-0.2, -0.15) is 5.10 Å². The number of hydrogen-bond acceptors (Lipinski definition) is 4. The van der Waals surface area contributed by atoms with Gasteiger partial charge >= 0.3 is 0 Å². The molecule has 0 aliphatic carbocycles. The van der Waals surface area contributed by atoms with Gasteiger partial charge in [0.2, 0.25) is 0 Å². The van der Waals surface area contributed by atoms with Crippen molar-refractivity contribution < 1.29 is 8.42 Å². The van der Waals surface area contributed by atoms with Gasteiger partial charge < -0.3 is 4.98 Å². The van der Waals surface area contributed by atoms with Crippen molar-refractivity contribution >= 4 is 32.3 Å². The van der Waals surface area contributed by atoms with Crippen LogP contribution in [0.1, 0.15) is 18.3 Å². The van der Waals surface area contributed by atoms with Gasteiger partial charge in [-0.05, 0) is 25.5 Å². The minimum absolute atomic E-state index is 0.122. The lowest BCUT2D eigenvalue weighted by atomic mass is 10.1. The second-order valence-corrected chi connectivity index (χ2v) is 8.54. The van der Waals surface area contributed by atoms with Crippen LogP contribution in [-0.2, 0) is 9.84 Å². The van der Waals surface area contributed by atoms with Gasteiger partial charge in [-0.1, -0.05) is 17.7 Å². The Hall–Kier alpha value is -1.86. The molecule has 0 amide bonds. The van der Waals surface area contributed by atoms with Gasteiger partial charge in [0, 0.05) is 27.7 Å². The molecule has 120 valence electrons. The molecule has 1 unspecified atom stereocenters. The topological polar surface area (TPSA) is 80.6 Å². The van der Waals surface area contributed by atoms with E-state index in [9.17, 15) is 8.42 Å². The van der Waals surface area contributed by atoms with E-state index in [0.717, 1.165) is 16.5 Å². The van der Waals surface area contributed by atoms with Crippen LogP contribution in [0.2, 0.25) is 5.02 Å². The Bertz CT molecular complexity index is 1010. The summed E-state index contributed by atoms with van der Waals surface area (Å²) in [5.74, 6) is 1.65. The number of hydrogen-bond donors (Lipinski definition) is 1. The van der Waals surface area contributed by atoms with Gasteiger partial charge in [0.05, 0.1) is 17.5 Å². The number of sulfone groups is 1. The summed E-state index contributed by atoms with van der Waals surface area (Å²) in [6.45, 7) is 1.81. The summed E-state index contributed by atoms with van der Waals surface area (Å²) in [7, 11) is -2.98. The number of rotatable bonds is 2. The Morgan fingerprint density at radius 3 is 2.96 bits per heavy atom. The summed E-state index contributed by atoms with van der Waals surface area (Å²) in [5.41, 5.74) is 1.82. The number of H-pyrrole nitrogens is 1. The molecule has 3 aromatic rings. The van der Waals surface area contributed by atoms with Crippen molar-refractivity contribution in [3.05, 3.63) is 35.2 Å². The predicted octanol–water partition coefficient (Wildman–Crippen LogP) is 2.75. The van der Waals surface area contributed by atoms with E-state index in [0.29, 0.717) is 23.1 Å². The standard InChI is InChI=1S/C15H15ClN4O2S/c1-9-18-15(20(19-9)11-4-5-23(21,22)8-11)13-7-17-14-6-10(16)2-3-12(13)14/h2-3,6-7,11,17H,4-5,8H2,1H3. The van der Waals surface area contributed by atoms with Crippen LogP contribution in [0.4, 0.5) is 0 Å². The van der Waals surface area contributed by atoms with Crippen LogP contribution in [0.5, 0.6) is 0 Å². The molecule has 0 saturated carbocycles. The third-order valence-electron chi connectivity index (χ3n) is 4.18. The highest BCUT2D eigenvalue weighted by molar-refractivity contribution is 7.91. The second kappa shape index (κ2) is 5.07. The van der Waals surface area contributed by atoms with Crippen molar-refractivity contribution in [2.24, 2.45) is 0 Å². The number of aromatic amines is 1. The molecule has 1 fully saturated rings. The number of aromatic nitrogens is 4. The molecule has 1 aliphatic rings. The minimum Gasteiger partial charge on any atom is -0.360 e. The lowest BCUT2D eigenvalue weighted by Gasteiger charge is -2.11. The second-order valence-electron chi connectivity index (χ2n) is 5.88. The minimum atomic E-state index is -2.98. The van der Waals surface area contributed by atoms with Crippen molar-refractivity contribution in [3.8, 4) is 11.4 Å². The van der Waals surface area contributed by atoms with E-state index in [1.165, 1.54) is 0 Å². The van der Waals surface area contributed by atoms with Crippen LogP contribution in [0.15, 0.2) is 24.4 Å². The van der Waals surface area contributed by atoms with Gasteiger partial charge in [-0.15, -0.1) is 0 Å². The Balaban J connectivity index is 1.86. The molecule has 23 heavy (non-hydrogen) atoms. The van der Waals surface area contributed by atoms with Crippen LogP contribution in [-0.4, -0.2) is 39.7 Å². The van der Waals surface area contributed by atoms with Crippen molar-refractivity contribution in [2.45, 2.75) is 19.4 Å². The van der Waals surface area contributed by atoms with Crippen molar-refractivity contribution in [2.75, 3.05) is 11.5 Å². The van der Waals surface area contributed by atoms with Crippen molar-refractivity contribution in [3.63, 3.8) is 0 Å². The summed E-state index contributed by atoms with van der Waals surface area (Å²) in [6.07, 6.45) is 2.44. The van der Waals surface area contributed by atoms with Gasteiger partial charge in [0.25, 0.3) is 0 Å². The number of aryl methyl sites for hydroxylation is 1. The molecular formula is C15H15ClN4O2S. The molecule has 1 N–H and O–H groups in total. The first-order valence-electron chi connectivity index (χ1n) is 7.33. The normalized spacial score (nSPS) is 20.3. The maximum Gasteiger partial charge on any atom is 0.160 e. The van der Waals surface area contributed by atoms with Gasteiger partial charge in [0.15, 0.2) is 15.7 Å². The van der Waals surface area contributed by atoms with Gasteiger partial charge in [-0.25, -0.2) is 18.1 Å². The highest BCUT2D eigenvalue weighted by atomic mass is 35.5. The number of nitrogens with zero attached hydrogens (tertiary/aromatic N) is 3. The fourth-order valence-corrected chi connectivity index (χ4v) is 4.98. The van der Waals surface area contributed by atoms with E-state index in [1.54, 1.807) is 4.68 Å². The first-order chi connectivity index (χ1) is 10.9. The van der Waals surface area contributed by atoms with Gasteiger partial charge in [0.1, 0.15) is 5.82 Å². The predicted molar refractivity (Wildman–Crippen MR) is 89.4 cm³/mol. The fraction of sp³-hybridized carbons (Fsp3) is 0.333. The molecule has 0 spiro atoms. The lowest BCUT2D eigenvalue weighted by Crippen LogP contribution is -2.13. The van der Waals surface area contributed by atoms with E-state index in [4.69, 9.17) is 11.6 Å². The Morgan fingerprint density at radius 2 is 2.22 bits per heavy atom. The molecule has 4 rings (SSSR count). The van der Waals surface area contributed by atoms with Crippen molar-refractivity contribution in [1.82, 2.24) is 19.7 Å². The van der Waals surface area contributed by atoms with Crippen LogP contribution in [0, 0.1) is 6.92 Å². The zero-order valence-electron chi connectivity index (χ0n) is 12.5. The highest BCUT2D eigenvalue weighted by Crippen LogP contribution is 2.33. The number of nitrogens with one attached hydrogen (secondary N) is 1. The Morgan fingerprint density at radius 1 is 1.39 bits per heavy atom. The molecular weight excluding hydrogens is 336 g/mol. The summed E-state index contributed by atoms with van der Waals surface area (Å²) in [4.78, 5) is 7.71. The van der Waals surface area contributed by atoms with E-state index in [-0.39, 0.29) is 17.5 Å². The highest BCUT2D eigenvalue weighted by Gasteiger charge is 2.32. The number of halogens is 1.